The average molecular weight is 299 g/mol. The Balaban J connectivity index is 2.85. The summed E-state index contributed by atoms with van der Waals surface area (Å²) in [6, 6.07) is 4.25. The second-order valence-corrected chi connectivity index (χ2v) is 4.88. The second-order valence-electron chi connectivity index (χ2n) is 4.47. The molecule has 0 fully saturated rings. The van der Waals surface area contributed by atoms with Crippen molar-refractivity contribution in [1.82, 2.24) is 4.90 Å². The number of carbonyl (C=O) groups excluding carboxylic acids is 1. The number of hydrogen-bond donors (Lipinski definition) is 2. The van der Waals surface area contributed by atoms with Gasteiger partial charge in [0.15, 0.2) is 0 Å². The molecule has 0 saturated carbocycles. The van der Waals surface area contributed by atoms with Gasteiger partial charge >= 0.3 is 12.0 Å². The molecule has 0 aliphatic heterocycles. The summed E-state index contributed by atoms with van der Waals surface area (Å²) in [7, 11) is 0. The van der Waals surface area contributed by atoms with Crippen LogP contribution in [0.15, 0.2) is 18.2 Å². The van der Waals surface area contributed by atoms with Crippen LogP contribution in [0.25, 0.3) is 0 Å². The molecule has 2 amide bonds. The molecule has 1 aromatic rings. The smallest absolute Gasteiger partial charge is 0.337 e. The minimum atomic E-state index is -1.09. The van der Waals surface area contributed by atoms with Gasteiger partial charge in [-0.3, -0.25) is 0 Å². The largest absolute Gasteiger partial charge is 0.478 e. The van der Waals surface area contributed by atoms with Crippen LogP contribution in [-0.4, -0.2) is 34.6 Å². The lowest BCUT2D eigenvalue weighted by Crippen LogP contribution is -2.41. The highest BCUT2D eigenvalue weighted by molar-refractivity contribution is 6.33. The third-order valence-electron chi connectivity index (χ3n) is 3.18. The van der Waals surface area contributed by atoms with Crippen LogP contribution in [0, 0.1) is 0 Å². The molecule has 0 aliphatic rings. The number of amides is 2. The molecule has 6 heteroatoms. The fraction of sp³-hybridized carbons (Fsp3) is 0.429. The molecule has 0 radical (unpaired) electrons. The van der Waals surface area contributed by atoms with Crippen LogP contribution in [0.5, 0.6) is 0 Å². The minimum absolute atomic E-state index is 0.0129. The summed E-state index contributed by atoms with van der Waals surface area (Å²) >= 11 is 5.87. The topological polar surface area (TPSA) is 69.6 Å². The fourth-order valence-electron chi connectivity index (χ4n) is 1.84. The highest BCUT2D eigenvalue weighted by Crippen LogP contribution is 2.21. The van der Waals surface area contributed by atoms with E-state index in [9.17, 15) is 9.59 Å². The summed E-state index contributed by atoms with van der Waals surface area (Å²) in [5.41, 5.74) is 0.491. The van der Waals surface area contributed by atoms with Crippen molar-refractivity contribution in [1.29, 1.82) is 0 Å². The van der Waals surface area contributed by atoms with E-state index in [-0.39, 0.29) is 22.7 Å². The maximum Gasteiger partial charge on any atom is 0.337 e. The maximum atomic E-state index is 12.1. The summed E-state index contributed by atoms with van der Waals surface area (Å²) in [5.74, 6) is -1.09. The van der Waals surface area contributed by atoms with Gasteiger partial charge in [0, 0.05) is 18.3 Å². The third-order valence-corrected chi connectivity index (χ3v) is 3.49. The number of hydrogen-bond acceptors (Lipinski definition) is 2. The number of urea groups is 1. The van der Waals surface area contributed by atoms with Crippen molar-refractivity contribution >= 4 is 29.3 Å². The molecule has 0 aliphatic carbocycles. The zero-order chi connectivity index (χ0) is 15.3. The first-order chi connectivity index (χ1) is 9.40. The molecule has 1 unspecified atom stereocenters. The lowest BCUT2D eigenvalue weighted by Gasteiger charge is -2.27. The van der Waals surface area contributed by atoms with Gasteiger partial charge in [-0.2, -0.15) is 0 Å². The molecule has 0 saturated heterocycles. The molecular weight excluding hydrogens is 280 g/mol. The molecule has 0 spiro atoms. The van der Waals surface area contributed by atoms with Crippen LogP contribution in [0.1, 0.15) is 37.6 Å². The van der Waals surface area contributed by atoms with Gasteiger partial charge in [-0.25, -0.2) is 9.59 Å². The highest BCUT2D eigenvalue weighted by Gasteiger charge is 2.17. The van der Waals surface area contributed by atoms with Crippen molar-refractivity contribution in [2.24, 2.45) is 0 Å². The quantitative estimate of drug-likeness (QED) is 0.871. The van der Waals surface area contributed by atoms with Crippen LogP contribution in [-0.2, 0) is 0 Å². The van der Waals surface area contributed by atoms with E-state index >= 15 is 0 Å². The maximum absolute atomic E-state index is 12.1. The Bertz CT molecular complexity index is 505. The van der Waals surface area contributed by atoms with Gasteiger partial charge in [0.2, 0.25) is 0 Å². The first-order valence-electron chi connectivity index (χ1n) is 6.51. The number of aromatic carboxylic acids is 1. The number of benzene rings is 1. The molecule has 0 heterocycles. The van der Waals surface area contributed by atoms with Crippen molar-refractivity contribution in [3.05, 3.63) is 28.8 Å². The molecule has 110 valence electrons. The summed E-state index contributed by atoms with van der Waals surface area (Å²) in [6.45, 7) is 6.50. The van der Waals surface area contributed by atoms with Crippen LogP contribution in [0.4, 0.5) is 10.5 Å². The van der Waals surface area contributed by atoms with Crippen LogP contribution >= 0.6 is 11.6 Å². The van der Waals surface area contributed by atoms with Crippen molar-refractivity contribution < 1.29 is 14.7 Å². The van der Waals surface area contributed by atoms with E-state index in [0.717, 1.165) is 6.42 Å². The van der Waals surface area contributed by atoms with E-state index in [1.165, 1.54) is 18.2 Å². The number of carboxylic acids is 1. The monoisotopic (exact) mass is 298 g/mol. The van der Waals surface area contributed by atoms with E-state index < -0.39 is 5.97 Å². The Morgan fingerprint density at radius 2 is 2.05 bits per heavy atom. The van der Waals surface area contributed by atoms with Crippen molar-refractivity contribution in [3.8, 4) is 0 Å². The van der Waals surface area contributed by atoms with E-state index in [1.54, 1.807) is 4.90 Å². The van der Waals surface area contributed by atoms with Gasteiger partial charge in [-0.05, 0) is 38.5 Å². The van der Waals surface area contributed by atoms with Crippen molar-refractivity contribution in [3.63, 3.8) is 0 Å². The van der Waals surface area contributed by atoms with Crippen molar-refractivity contribution in [2.45, 2.75) is 33.2 Å². The third kappa shape index (κ3) is 3.87. The average Bonchev–Trinajstić information content (AvgIpc) is 2.38. The van der Waals surface area contributed by atoms with Crippen LogP contribution < -0.4 is 5.32 Å². The number of carbonyl (C=O) groups is 2. The molecule has 0 bridgehead atoms. The standard InChI is InChI=1S/C14H19ClN2O3/c1-4-9(3)17(5-2)14(20)16-10-6-7-11(13(18)19)12(15)8-10/h6-9H,4-5H2,1-3H3,(H,16,20)(H,18,19). The number of nitrogens with one attached hydrogen (secondary N) is 1. The Labute approximate surface area is 123 Å². The van der Waals surface area contributed by atoms with E-state index in [4.69, 9.17) is 16.7 Å². The summed E-state index contributed by atoms with van der Waals surface area (Å²) < 4.78 is 0. The first-order valence-corrected chi connectivity index (χ1v) is 6.88. The summed E-state index contributed by atoms with van der Waals surface area (Å²) in [4.78, 5) is 24.7. The Morgan fingerprint density at radius 3 is 2.50 bits per heavy atom. The van der Waals surface area contributed by atoms with Crippen molar-refractivity contribution in [2.75, 3.05) is 11.9 Å². The van der Waals surface area contributed by atoms with E-state index in [1.807, 2.05) is 20.8 Å². The minimum Gasteiger partial charge on any atom is -0.478 e. The van der Waals surface area contributed by atoms with Gasteiger partial charge < -0.3 is 15.3 Å². The number of carboxylic acid groups (broad SMARTS) is 1. The van der Waals surface area contributed by atoms with Gasteiger partial charge in [0.25, 0.3) is 0 Å². The second kappa shape index (κ2) is 7.14. The Morgan fingerprint density at radius 1 is 1.40 bits per heavy atom. The number of rotatable bonds is 5. The summed E-state index contributed by atoms with van der Waals surface area (Å²) in [5, 5.41) is 11.7. The summed E-state index contributed by atoms with van der Waals surface area (Å²) in [6.07, 6.45) is 0.861. The molecule has 0 aromatic heterocycles. The first kappa shape index (κ1) is 16.3. The molecule has 2 N–H and O–H groups in total. The molecule has 1 rings (SSSR count). The zero-order valence-corrected chi connectivity index (χ0v) is 12.6. The number of halogens is 1. The van der Waals surface area contributed by atoms with Gasteiger partial charge in [0.05, 0.1) is 10.6 Å². The van der Waals surface area contributed by atoms with E-state index in [0.29, 0.717) is 12.2 Å². The molecule has 1 aromatic carbocycles. The Kier molecular flexibility index (Phi) is 5.82. The van der Waals surface area contributed by atoms with Gasteiger partial charge in [-0.1, -0.05) is 18.5 Å². The molecule has 20 heavy (non-hydrogen) atoms. The number of anilines is 1. The van der Waals surface area contributed by atoms with Gasteiger partial charge in [0.1, 0.15) is 0 Å². The lowest BCUT2D eigenvalue weighted by molar-refractivity contribution is 0.0697. The highest BCUT2D eigenvalue weighted by atomic mass is 35.5. The molecular formula is C14H19ClN2O3. The zero-order valence-electron chi connectivity index (χ0n) is 11.8. The Hall–Kier alpha value is -1.75. The fourth-order valence-corrected chi connectivity index (χ4v) is 2.10. The number of nitrogens with zero attached hydrogens (tertiary/aromatic N) is 1. The molecule has 1 atom stereocenters. The normalized spacial score (nSPS) is 11.8. The van der Waals surface area contributed by atoms with Crippen LogP contribution in [0.2, 0.25) is 5.02 Å². The molecule has 5 nitrogen and oxygen atoms in total. The van der Waals surface area contributed by atoms with Crippen LogP contribution in [0.3, 0.4) is 0 Å². The predicted molar refractivity (Wildman–Crippen MR) is 79.6 cm³/mol. The SMILES string of the molecule is CCC(C)N(CC)C(=O)Nc1ccc(C(=O)O)c(Cl)c1. The predicted octanol–water partition coefficient (Wildman–Crippen LogP) is 3.69. The van der Waals surface area contributed by atoms with E-state index in [2.05, 4.69) is 5.32 Å². The van der Waals surface area contributed by atoms with Gasteiger partial charge in [-0.15, -0.1) is 0 Å². The lowest BCUT2D eigenvalue weighted by atomic mass is 10.2.